The smallest absolute Gasteiger partial charge is 0.129 e. The molecule has 0 spiro atoms. The maximum absolute atomic E-state index is 11.1. The van der Waals surface area contributed by atoms with Gasteiger partial charge in [0.05, 0.1) is 7.11 Å². The lowest BCUT2D eigenvalue weighted by atomic mass is 9.84. The van der Waals surface area contributed by atoms with E-state index in [-0.39, 0.29) is 0 Å². The molecule has 0 aromatic heterocycles. The molecule has 0 bridgehead atoms. The van der Waals surface area contributed by atoms with Crippen molar-refractivity contribution in [2.24, 2.45) is 5.92 Å². The lowest BCUT2D eigenvalue weighted by molar-refractivity contribution is -0.111. The van der Waals surface area contributed by atoms with E-state index in [2.05, 4.69) is 19.9 Å². The van der Waals surface area contributed by atoms with Crippen LogP contribution in [0.3, 0.4) is 0 Å². The summed E-state index contributed by atoms with van der Waals surface area (Å²) in [5.74, 6) is 1.47. The minimum absolute atomic E-state index is 0.433. The van der Waals surface area contributed by atoms with Crippen molar-refractivity contribution < 1.29 is 9.53 Å². The van der Waals surface area contributed by atoms with Crippen molar-refractivity contribution in [3.8, 4) is 5.75 Å². The quantitative estimate of drug-likeness (QED) is 0.730. The van der Waals surface area contributed by atoms with Crippen LogP contribution in [0.15, 0.2) is 18.2 Å². The van der Waals surface area contributed by atoms with Gasteiger partial charge in [0, 0.05) is 5.41 Å². The normalized spacial score (nSPS) is 11.6. The van der Waals surface area contributed by atoms with Crippen LogP contribution in [0.1, 0.15) is 38.8 Å². The summed E-state index contributed by atoms with van der Waals surface area (Å²) < 4.78 is 5.36. The number of aldehydes is 1. The molecule has 1 aromatic carbocycles. The zero-order chi connectivity index (χ0) is 13.1. The predicted octanol–water partition coefficient (Wildman–Crippen LogP) is 3.37. The van der Waals surface area contributed by atoms with Crippen molar-refractivity contribution >= 4 is 6.29 Å². The standard InChI is InChI=1S/C15H22O2/c1-11(2)8-12-9-13(15(3,4)10-16)6-7-14(12)17-5/h6-7,9-11H,8H2,1-5H3. The Morgan fingerprint density at radius 1 is 1.35 bits per heavy atom. The number of hydrogen-bond donors (Lipinski definition) is 0. The first-order valence-electron chi connectivity index (χ1n) is 6.04. The second kappa shape index (κ2) is 5.35. The number of carbonyl (C=O) groups is 1. The molecular formula is C15H22O2. The highest BCUT2D eigenvalue weighted by Crippen LogP contribution is 2.28. The lowest BCUT2D eigenvalue weighted by Gasteiger charge is -2.20. The van der Waals surface area contributed by atoms with Gasteiger partial charge < -0.3 is 9.53 Å². The highest BCUT2D eigenvalue weighted by Gasteiger charge is 2.20. The third-order valence-electron chi connectivity index (χ3n) is 2.95. The van der Waals surface area contributed by atoms with Crippen molar-refractivity contribution in [1.29, 1.82) is 0 Å². The van der Waals surface area contributed by atoms with Crippen molar-refractivity contribution in [3.63, 3.8) is 0 Å². The molecule has 17 heavy (non-hydrogen) atoms. The molecule has 0 atom stereocenters. The van der Waals surface area contributed by atoms with Crippen LogP contribution in [0.2, 0.25) is 0 Å². The first-order chi connectivity index (χ1) is 7.90. The third-order valence-corrected chi connectivity index (χ3v) is 2.95. The Labute approximate surface area is 104 Å². The highest BCUT2D eigenvalue weighted by atomic mass is 16.5. The van der Waals surface area contributed by atoms with Gasteiger partial charge in [-0.05, 0) is 43.4 Å². The van der Waals surface area contributed by atoms with Gasteiger partial charge in [-0.1, -0.05) is 26.0 Å². The van der Waals surface area contributed by atoms with E-state index in [1.807, 2.05) is 26.0 Å². The van der Waals surface area contributed by atoms with Crippen molar-refractivity contribution in [1.82, 2.24) is 0 Å². The molecule has 0 aliphatic carbocycles. The zero-order valence-corrected chi connectivity index (χ0v) is 11.4. The average Bonchev–Trinajstić information content (AvgIpc) is 2.28. The lowest BCUT2D eigenvalue weighted by Crippen LogP contribution is -2.19. The molecule has 0 aliphatic heterocycles. The molecule has 0 saturated heterocycles. The van der Waals surface area contributed by atoms with Crippen LogP contribution >= 0.6 is 0 Å². The minimum atomic E-state index is -0.433. The van der Waals surface area contributed by atoms with Crippen LogP contribution < -0.4 is 4.74 Å². The first kappa shape index (κ1) is 13.8. The Bertz CT molecular complexity index is 392. The number of rotatable bonds is 5. The van der Waals surface area contributed by atoms with Gasteiger partial charge in [0.1, 0.15) is 12.0 Å². The van der Waals surface area contributed by atoms with E-state index in [9.17, 15) is 4.79 Å². The number of hydrogen-bond acceptors (Lipinski definition) is 2. The average molecular weight is 234 g/mol. The summed E-state index contributed by atoms with van der Waals surface area (Å²) in [6.45, 7) is 8.22. The molecule has 0 heterocycles. The van der Waals surface area contributed by atoms with E-state index in [1.54, 1.807) is 7.11 Å². The summed E-state index contributed by atoms with van der Waals surface area (Å²) in [5.41, 5.74) is 1.79. The van der Waals surface area contributed by atoms with E-state index in [4.69, 9.17) is 4.74 Å². The second-order valence-corrected chi connectivity index (χ2v) is 5.46. The van der Waals surface area contributed by atoms with Gasteiger partial charge in [0.15, 0.2) is 0 Å². The Kier molecular flexibility index (Phi) is 4.33. The van der Waals surface area contributed by atoms with E-state index in [0.717, 1.165) is 24.0 Å². The van der Waals surface area contributed by atoms with Gasteiger partial charge in [0.2, 0.25) is 0 Å². The van der Waals surface area contributed by atoms with Gasteiger partial charge in [-0.25, -0.2) is 0 Å². The summed E-state index contributed by atoms with van der Waals surface area (Å²) in [6.07, 6.45) is 1.96. The van der Waals surface area contributed by atoms with E-state index in [0.29, 0.717) is 5.92 Å². The van der Waals surface area contributed by atoms with Crippen LogP contribution in [0, 0.1) is 5.92 Å². The van der Waals surface area contributed by atoms with Crippen LogP contribution in [-0.4, -0.2) is 13.4 Å². The van der Waals surface area contributed by atoms with Gasteiger partial charge in [-0.2, -0.15) is 0 Å². The van der Waals surface area contributed by atoms with E-state index in [1.165, 1.54) is 5.56 Å². The molecule has 1 aromatic rings. The number of ether oxygens (including phenoxy) is 1. The molecule has 0 N–H and O–H groups in total. The van der Waals surface area contributed by atoms with Crippen LogP contribution in [0.4, 0.5) is 0 Å². The fourth-order valence-electron chi connectivity index (χ4n) is 1.85. The van der Waals surface area contributed by atoms with Crippen LogP contribution in [-0.2, 0) is 16.6 Å². The monoisotopic (exact) mass is 234 g/mol. The molecule has 94 valence electrons. The Morgan fingerprint density at radius 2 is 2.00 bits per heavy atom. The van der Waals surface area contributed by atoms with Crippen molar-refractivity contribution in [2.75, 3.05) is 7.11 Å². The number of carbonyl (C=O) groups excluding carboxylic acids is 1. The summed E-state index contributed by atoms with van der Waals surface area (Å²) in [6, 6.07) is 6.02. The topological polar surface area (TPSA) is 26.3 Å². The summed E-state index contributed by atoms with van der Waals surface area (Å²) >= 11 is 0. The number of benzene rings is 1. The SMILES string of the molecule is COc1ccc(C(C)(C)C=O)cc1CC(C)C. The van der Waals surface area contributed by atoms with Crippen LogP contribution in [0.25, 0.3) is 0 Å². The molecule has 1 rings (SSSR count). The molecule has 2 nitrogen and oxygen atoms in total. The third kappa shape index (κ3) is 3.32. The minimum Gasteiger partial charge on any atom is -0.496 e. The van der Waals surface area contributed by atoms with Crippen molar-refractivity contribution in [2.45, 2.75) is 39.5 Å². The van der Waals surface area contributed by atoms with Crippen molar-refractivity contribution in [3.05, 3.63) is 29.3 Å². The molecular weight excluding hydrogens is 212 g/mol. The highest BCUT2D eigenvalue weighted by molar-refractivity contribution is 5.67. The zero-order valence-electron chi connectivity index (χ0n) is 11.4. The number of methoxy groups -OCH3 is 1. The van der Waals surface area contributed by atoms with Crippen LogP contribution in [0.5, 0.6) is 5.75 Å². The van der Waals surface area contributed by atoms with E-state index < -0.39 is 5.41 Å². The fourth-order valence-corrected chi connectivity index (χ4v) is 1.85. The van der Waals surface area contributed by atoms with Gasteiger partial charge in [0.25, 0.3) is 0 Å². The summed E-state index contributed by atoms with van der Waals surface area (Å²) in [7, 11) is 1.68. The molecule has 0 fully saturated rings. The Morgan fingerprint density at radius 3 is 2.47 bits per heavy atom. The second-order valence-electron chi connectivity index (χ2n) is 5.46. The molecule has 0 radical (unpaired) electrons. The maximum Gasteiger partial charge on any atom is 0.129 e. The Balaban J connectivity index is 3.17. The molecule has 0 amide bonds. The van der Waals surface area contributed by atoms with Gasteiger partial charge >= 0.3 is 0 Å². The summed E-state index contributed by atoms with van der Waals surface area (Å²) in [4.78, 5) is 11.1. The van der Waals surface area contributed by atoms with Gasteiger partial charge in [-0.15, -0.1) is 0 Å². The molecule has 0 aliphatic rings. The largest absolute Gasteiger partial charge is 0.496 e. The maximum atomic E-state index is 11.1. The first-order valence-corrected chi connectivity index (χ1v) is 6.04. The molecule has 0 unspecified atom stereocenters. The van der Waals surface area contributed by atoms with Gasteiger partial charge in [-0.3, -0.25) is 0 Å². The fraction of sp³-hybridized carbons (Fsp3) is 0.533. The predicted molar refractivity (Wildman–Crippen MR) is 70.6 cm³/mol. The summed E-state index contributed by atoms with van der Waals surface area (Å²) in [5, 5.41) is 0. The Hall–Kier alpha value is -1.31. The molecule has 2 heteroatoms. The van der Waals surface area contributed by atoms with E-state index >= 15 is 0 Å². The molecule has 0 saturated carbocycles.